The molecular formula is C16H28Cl2N4OS. The lowest BCUT2D eigenvalue weighted by molar-refractivity contribution is -0.118. The minimum Gasteiger partial charge on any atom is -0.327 e. The SMILES string of the molecule is CC1(C)CN(CC(=O)Nc2nc3c(s2)CCCC3)CCC1N.Cl.Cl. The van der Waals surface area contributed by atoms with Crippen LogP contribution in [0.3, 0.4) is 0 Å². The smallest absolute Gasteiger partial charge is 0.240 e. The second-order valence-electron chi connectivity index (χ2n) is 7.24. The lowest BCUT2D eigenvalue weighted by atomic mass is 9.80. The first-order valence-electron chi connectivity index (χ1n) is 8.20. The Labute approximate surface area is 160 Å². The minimum absolute atomic E-state index is 0. The molecule has 2 heterocycles. The van der Waals surface area contributed by atoms with Crippen molar-refractivity contribution in [2.75, 3.05) is 25.0 Å². The fraction of sp³-hybridized carbons (Fsp3) is 0.750. The van der Waals surface area contributed by atoms with E-state index in [0.29, 0.717) is 6.54 Å². The van der Waals surface area contributed by atoms with Crippen molar-refractivity contribution < 1.29 is 4.79 Å². The zero-order valence-electron chi connectivity index (χ0n) is 14.3. The van der Waals surface area contributed by atoms with Crippen LogP contribution < -0.4 is 11.1 Å². The van der Waals surface area contributed by atoms with Gasteiger partial charge in [-0.2, -0.15) is 0 Å². The summed E-state index contributed by atoms with van der Waals surface area (Å²) in [6.07, 6.45) is 5.58. The number of fused-ring (bicyclic) bond motifs is 1. The van der Waals surface area contributed by atoms with Crippen LogP contribution in [0.25, 0.3) is 0 Å². The number of aryl methyl sites for hydroxylation is 2. The van der Waals surface area contributed by atoms with Gasteiger partial charge < -0.3 is 11.1 Å². The molecule has 0 aromatic carbocycles. The van der Waals surface area contributed by atoms with Gasteiger partial charge in [0, 0.05) is 24.0 Å². The first-order chi connectivity index (χ1) is 10.4. The first-order valence-corrected chi connectivity index (χ1v) is 9.02. The second-order valence-corrected chi connectivity index (χ2v) is 8.32. The van der Waals surface area contributed by atoms with Gasteiger partial charge in [0.2, 0.25) is 5.91 Å². The van der Waals surface area contributed by atoms with E-state index in [0.717, 1.165) is 37.5 Å². The standard InChI is InChI=1S/C16H26N4OS.2ClH/c1-16(2)10-20(8-7-13(16)17)9-14(21)19-15-18-11-5-3-4-6-12(11)22-15;;/h13H,3-10,17H2,1-2H3,(H,18,19,21);2*1H. The highest BCUT2D eigenvalue weighted by Gasteiger charge is 2.34. The van der Waals surface area contributed by atoms with E-state index < -0.39 is 0 Å². The van der Waals surface area contributed by atoms with Crippen LogP contribution in [-0.4, -0.2) is 41.5 Å². The average molecular weight is 395 g/mol. The summed E-state index contributed by atoms with van der Waals surface area (Å²) < 4.78 is 0. The average Bonchev–Trinajstić information content (AvgIpc) is 2.84. The van der Waals surface area contributed by atoms with E-state index in [4.69, 9.17) is 5.73 Å². The van der Waals surface area contributed by atoms with E-state index in [-0.39, 0.29) is 42.2 Å². The van der Waals surface area contributed by atoms with E-state index in [2.05, 4.69) is 29.0 Å². The zero-order valence-corrected chi connectivity index (χ0v) is 16.8. The van der Waals surface area contributed by atoms with Crippen molar-refractivity contribution in [3.05, 3.63) is 10.6 Å². The summed E-state index contributed by atoms with van der Waals surface area (Å²) >= 11 is 1.64. The van der Waals surface area contributed by atoms with Gasteiger partial charge in [-0.1, -0.05) is 13.8 Å². The topological polar surface area (TPSA) is 71.2 Å². The third kappa shape index (κ3) is 5.05. The third-order valence-electron chi connectivity index (χ3n) is 4.85. The summed E-state index contributed by atoms with van der Waals surface area (Å²) in [5, 5.41) is 3.75. The van der Waals surface area contributed by atoms with Gasteiger partial charge in [-0.15, -0.1) is 36.2 Å². The van der Waals surface area contributed by atoms with Crippen LogP contribution in [0.1, 0.15) is 43.7 Å². The Hall–Kier alpha value is -0.400. The molecule has 1 unspecified atom stereocenters. The van der Waals surface area contributed by atoms with Crippen molar-refractivity contribution in [2.24, 2.45) is 11.1 Å². The molecule has 1 aliphatic carbocycles. The quantitative estimate of drug-likeness (QED) is 0.826. The van der Waals surface area contributed by atoms with Gasteiger partial charge in [-0.25, -0.2) is 4.98 Å². The summed E-state index contributed by atoms with van der Waals surface area (Å²) in [6, 6.07) is 0.220. The summed E-state index contributed by atoms with van der Waals surface area (Å²) in [6.45, 7) is 6.55. The number of halogens is 2. The van der Waals surface area contributed by atoms with Crippen LogP contribution in [-0.2, 0) is 17.6 Å². The van der Waals surface area contributed by atoms with Gasteiger partial charge in [0.15, 0.2) is 5.13 Å². The molecular weight excluding hydrogens is 367 g/mol. The maximum absolute atomic E-state index is 12.3. The molecule has 0 spiro atoms. The molecule has 1 amide bonds. The van der Waals surface area contributed by atoms with Crippen molar-refractivity contribution in [1.29, 1.82) is 0 Å². The van der Waals surface area contributed by atoms with E-state index in [1.165, 1.54) is 23.4 Å². The zero-order chi connectivity index (χ0) is 15.7. The molecule has 138 valence electrons. The fourth-order valence-corrected chi connectivity index (χ4v) is 4.45. The van der Waals surface area contributed by atoms with E-state index in [9.17, 15) is 4.79 Å². The number of hydrogen-bond donors (Lipinski definition) is 2. The molecule has 3 N–H and O–H groups in total. The largest absolute Gasteiger partial charge is 0.327 e. The van der Waals surface area contributed by atoms with Crippen molar-refractivity contribution in [2.45, 2.75) is 52.0 Å². The number of thiazole rings is 1. The van der Waals surface area contributed by atoms with Crippen molar-refractivity contribution in [3.63, 3.8) is 0 Å². The van der Waals surface area contributed by atoms with E-state index in [1.54, 1.807) is 11.3 Å². The Morgan fingerprint density at radius 1 is 1.38 bits per heavy atom. The lowest BCUT2D eigenvalue weighted by Gasteiger charge is -2.42. The van der Waals surface area contributed by atoms with E-state index in [1.807, 2.05) is 0 Å². The molecule has 8 heteroatoms. The molecule has 24 heavy (non-hydrogen) atoms. The molecule has 0 bridgehead atoms. The summed E-state index contributed by atoms with van der Waals surface area (Å²) in [4.78, 5) is 20.4. The Balaban J connectivity index is 0.00000144. The number of aromatic nitrogens is 1. The Kier molecular flexibility index (Phi) is 7.94. The number of nitrogens with two attached hydrogens (primary N) is 1. The second kappa shape index (κ2) is 8.81. The molecule has 1 aliphatic heterocycles. The molecule has 1 atom stereocenters. The Bertz CT molecular complexity index is 541. The fourth-order valence-electron chi connectivity index (χ4n) is 3.39. The third-order valence-corrected chi connectivity index (χ3v) is 5.92. The number of anilines is 1. The number of nitrogens with one attached hydrogen (secondary N) is 1. The Morgan fingerprint density at radius 3 is 2.75 bits per heavy atom. The van der Waals surface area contributed by atoms with Gasteiger partial charge >= 0.3 is 0 Å². The van der Waals surface area contributed by atoms with Crippen LogP contribution in [0.15, 0.2) is 0 Å². The maximum Gasteiger partial charge on any atom is 0.240 e. The predicted octanol–water partition coefficient (Wildman–Crippen LogP) is 2.86. The maximum atomic E-state index is 12.3. The number of carbonyl (C=O) groups excluding carboxylic acids is 1. The van der Waals surface area contributed by atoms with Gasteiger partial charge in [0.1, 0.15) is 0 Å². The number of likely N-dealkylation sites (tertiary alicyclic amines) is 1. The van der Waals surface area contributed by atoms with Crippen molar-refractivity contribution >= 4 is 47.2 Å². The molecule has 0 radical (unpaired) electrons. The summed E-state index contributed by atoms with van der Waals surface area (Å²) in [5.41, 5.74) is 7.41. The molecule has 1 aromatic heterocycles. The van der Waals surface area contributed by atoms with Crippen LogP contribution in [0.4, 0.5) is 5.13 Å². The minimum atomic E-state index is 0. The van der Waals surface area contributed by atoms with Crippen LogP contribution in [0.5, 0.6) is 0 Å². The van der Waals surface area contributed by atoms with Gasteiger partial charge in [-0.3, -0.25) is 9.69 Å². The molecule has 1 saturated heterocycles. The molecule has 1 aromatic rings. The molecule has 2 aliphatic rings. The highest BCUT2D eigenvalue weighted by molar-refractivity contribution is 7.15. The number of rotatable bonds is 3. The number of hydrogen-bond acceptors (Lipinski definition) is 5. The Morgan fingerprint density at radius 2 is 2.08 bits per heavy atom. The van der Waals surface area contributed by atoms with Gasteiger partial charge in [0.25, 0.3) is 0 Å². The first kappa shape index (κ1) is 21.6. The number of nitrogens with zero attached hydrogens (tertiary/aromatic N) is 2. The molecule has 0 saturated carbocycles. The monoisotopic (exact) mass is 394 g/mol. The number of carbonyl (C=O) groups is 1. The molecule has 1 fully saturated rings. The summed E-state index contributed by atoms with van der Waals surface area (Å²) in [7, 11) is 0. The van der Waals surface area contributed by atoms with Crippen molar-refractivity contribution in [1.82, 2.24) is 9.88 Å². The van der Waals surface area contributed by atoms with Gasteiger partial charge in [-0.05, 0) is 37.5 Å². The summed E-state index contributed by atoms with van der Waals surface area (Å²) in [5.74, 6) is 0.0392. The van der Waals surface area contributed by atoms with Gasteiger partial charge in [0.05, 0.1) is 12.2 Å². The normalized spacial score (nSPS) is 22.7. The number of piperidine rings is 1. The van der Waals surface area contributed by atoms with Crippen molar-refractivity contribution in [3.8, 4) is 0 Å². The number of amides is 1. The lowest BCUT2D eigenvalue weighted by Crippen LogP contribution is -2.53. The van der Waals surface area contributed by atoms with Crippen LogP contribution in [0.2, 0.25) is 0 Å². The molecule has 3 rings (SSSR count). The highest BCUT2D eigenvalue weighted by Crippen LogP contribution is 2.30. The van der Waals surface area contributed by atoms with Crippen LogP contribution >= 0.6 is 36.2 Å². The predicted molar refractivity (Wildman–Crippen MR) is 105 cm³/mol. The molecule has 5 nitrogen and oxygen atoms in total. The highest BCUT2D eigenvalue weighted by atomic mass is 35.5. The van der Waals surface area contributed by atoms with Crippen LogP contribution in [0, 0.1) is 5.41 Å². The van der Waals surface area contributed by atoms with E-state index >= 15 is 0 Å².